The third-order valence-electron chi connectivity index (χ3n) is 1.58. The van der Waals surface area contributed by atoms with Crippen molar-refractivity contribution in [2.24, 2.45) is 0 Å². The van der Waals surface area contributed by atoms with E-state index in [0.717, 1.165) is 11.7 Å². The molecule has 14 heavy (non-hydrogen) atoms. The Hall–Kier alpha value is -1.50. The van der Waals surface area contributed by atoms with Crippen molar-refractivity contribution in [2.45, 2.75) is 6.92 Å². The lowest BCUT2D eigenvalue weighted by atomic mass is 10.3. The fraction of sp³-hybridized carbons (Fsp3) is 0.429. The highest BCUT2D eigenvalue weighted by Crippen LogP contribution is 2.01. The molecule has 0 radical (unpaired) electrons. The molecule has 0 spiro atoms. The second kappa shape index (κ2) is 4.66. The number of aliphatic carboxylic acids is 1. The van der Waals surface area contributed by atoms with Gasteiger partial charge in [0.05, 0.1) is 17.9 Å². The lowest BCUT2D eigenvalue weighted by molar-refractivity contribution is -0.137. The summed E-state index contributed by atoms with van der Waals surface area (Å²) in [6.45, 7) is 1.73. The van der Waals surface area contributed by atoms with Crippen LogP contribution < -0.4 is 0 Å². The zero-order valence-electron chi connectivity index (χ0n) is 7.51. The van der Waals surface area contributed by atoms with Crippen LogP contribution in [0.4, 0.5) is 0 Å². The first-order chi connectivity index (χ1) is 6.65. The van der Waals surface area contributed by atoms with E-state index in [1.54, 1.807) is 6.92 Å². The van der Waals surface area contributed by atoms with E-state index in [9.17, 15) is 9.59 Å². The van der Waals surface area contributed by atoms with Gasteiger partial charge >= 0.3 is 5.97 Å². The van der Waals surface area contributed by atoms with E-state index in [1.807, 2.05) is 0 Å². The Morgan fingerprint density at radius 2 is 2.36 bits per heavy atom. The molecule has 0 bridgehead atoms. The quantitative estimate of drug-likeness (QED) is 0.769. The summed E-state index contributed by atoms with van der Waals surface area (Å²) >= 11 is 0.920. The van der Waals surface area contributed by atoms with Crippen molar-refractivity contribution in [3.63, 3.8) is 0 Å². The Bertz CT molecular complexity index is 325. The molecule has 0 aliphatic heterocycles. The number of hydrogen-bond acceptors (Lipinski definition) is 5. The first-order valence-electron chi connectivity index (χ1n) is 3.93. The summed E-state index contributed by atoms with van der Waals surface area (Å²) in [6, 6.07) is 0. The third kappa shape index (κ3) is 2.49. The number of carbonyl (C=O) groups is 2. The van der Waals surface area contributed by atoms with Crippen LogP contribution in [0.25, 0.3) is 0 Å². The molecule has 0 aliphatic rings. The van der Waals surface area contributed by atoms with Gasteiger partial charge in [0, 0.05) is 6.54 Å². The van der Waals surface area contributed by atoms with Crippen molar-refractivity contribution < 1.29 is 14.7 Å². The Labute approximate surface area is 84.5 Å². The maximum atomic E-state index is 11.5. The van der Waals surface area contributed by atoms with Crippen LogP contribution in [-0.2, 0) is 4.79 Å². The van der Waals surface area contributed by atoms with Crippen molar-refractivity contribution in [1.29, 1.82) is 0 Å². The summed E-state index contributed by atoms with van der Waals surface area (Å²) in [5.74, 6) is -1.44. The number of hydrogen-bond donors (Lipinski definition) is 1. The number of aromatic nitrogens is 2. The van der Waals surface area contributed by atoms with E-state index in [0.29, 0.717) is 6.54 Å². The Morgan fingerprint density at radius 3 is 2.79 bits per heavy atom. The fourth-order valence-corrected chi connectivity index (χ4v) is 1.32. The van der Waals surface area contributed by atoms with Crippen LogP contribution in [0.15, 0.2) is 6.20 Å². The van der Waals surface area contributed by atoms with E-state index >= 15 is 0 Å². The minimum absolute atomic E-state index is 0.193. The molecular weight excluding hydrogens is 206 g/mol. The highest BCUT2D eigenvalue weighted by atomic mass is 32.1. The maximum Gasteiger partial charge on any atom is 0.323 e. The van der Waals surface area contributed by atoms with Gasteiger partial charge in [-0.05, 0) is 6.92 Å². The molecule has 76 valence electrons. The Morgan fingerprint density at radius 1 is 1.64 bits per heavy atom. The van der Waals surface area contributed by atoms with Gasteiger partial charge in [-0.1, -0.05) is 0 Å². The van der Waals surface area contributed by atoms with Gasteiger partial charge in [-0.3, -0.25) is 9.59 Å². The van der Waals surface area contributed by atoms with E-state index in [4.69, 9.17) is 5.11 Å². The van der Waals surface area contributed by atoms with Gasteiger partial charge in [0.1, 0.15) is 6.54 Å². The number of nitrogens with zero attached hydrogens (tertiary/aromatic N) is 3. The van der Waals surface area contributed by atoms with Crippen LogP contribution >= 0.6 is 11.7 Å². The lowest BCUT2D eigenvalue weighted by Crippen LogP contribution is -2.35. The number of rotatable bonds is 4. The van der Waals surface area contributed by atoms with Crippen molar-refractivity contribution >= 4 is 23.6 Å². The van der Waals surface area contributed by atoms with Crippen LogP contribution in [0.5, 0.6) is 0 Å². The normalized spacial score (nSPS) is 9.79. The Kier molecular flexibility index (Phi) is 3.52. The molecule has 0 saturated carbocycles. The highest BCUT2D eigenvalue weighted by Gasteiger charge is 2.18. The summed E-state index contributed by atoms with van der Waals surface area (Å²) in [7, 11) is 0. The molecule has 7 heteroatoms. The summed E-state index contributed by atoms with van der Waals surface area (Å²) < 4.78 is 7.41. The first kappa shape index (κ1) is 10.6. The molecule has 1 N–H and O–H groups in total. The minimum Gasteiger partial charge on any atom is -0.480 e. The number of amides is 1. The molecule has 1 aromatic rings. The largest absolute Gasteiger partial charge is 0.480 e. The zero-order chi connectivity index (χ0) is 10.6. The molecule has 0 aliphatic carbocycles. The molecular formula is C7H9N3O3S. The van der Waals surface area contributed by atoms with Gasteiger partial charge in [-0.25, -0.2) is 0 Å². The lowest BCUT2D eigenvalue weighted by Gasteiger charge is -2.16. The topological polar surface area (TPSA) is 83.4 Å². The standard InChI is InChI=1S/C7H9N3O3S/c1-2-10(4-6(11)12)7(13)5-3-8-14-9-5/h3H,2,4H2,1H3,(H,11,12). The van der Waals surface area contributed by atoms with Crippen LogP contribution in [-0.4, -0.2) is 43.7 Å². The number of carboxylic acid groups (broad SMARTS) is 1. The van der Waals surface area contributed by atoms with E-state index in [-0.39, 0.29) is 12.2 Å². The van der Waals surface area contributed by atoms with Crippen molar-refractivity contribution in [3.05, 3.63) is 11.9 Å². The molecule has 1 heterocycles. The van der Waals surface area contributed by atoms with E-state index < -0.39 is 11.9 Å². The number of likely N-dealkylation sites (N-methyl/N-ethyl adjacent to an activating group) is 1. The van der Waals surface area contributed by atoms with Crippen LogP contribution in [0, 0.1) is 0 Å². The molecule has 0 fully saturated rings. The third-order valence-corrected chi connectivity index (χ3v) is 2.05. The maximum absolute atomic E-state index is 11.5. The van der Waals surface area contributed by atoms with Crippen molar-refractivity contribution in [2.75, 3.05) is 13.1 Å². The van der Waals surface area contributed by atoms with Gasteiger partial charge in [-0.15, -0.1) is 0 Å². The van der Waals surface area contributed by atoms with Crippen LogP contribution in [0.1, 0.15) is 17.4 Å². The van der Waals surface area contributed by atoms with Crippen LogP contribution in [0.2, 0.25) is 0 Å². The van der Waals surface area contributed by atoms with E-state index in [1.165, 1.54) is 11.1 Å². The second-order valence-corrected chi connectivity index (χ2v) is 3.06. The Balaban J connectivity index is 2.70. The monoisotopic (exact) mass is 215 g/mol. The average molecular weight is 215 g/mol. The highest BCUT2D eigenvalue weighted by molar-refractivity contribution is 6.99. The second-order valence-electron chi connectivity index (χ2n) is 2.51. The summed E-state index contributed by atoms with van der Waals surface area (Å²) in [6.07, 6.45) is 1.33. The smallest absolute Gasteiger partial charge is 0.323 e. The molecule has 0 aromatic carbocycles. The summed E-state index contributed by atoms with van der Waals surface area (Å²) in [5.41, 5.74) is 0.193. The number of carbonyl (C=O) groups excluding carboxylic acids is 1. The molecule has 0 atom stereocenters. The summed E-state index contributed by atoms with van der Waals surface area (Å²) in [4.78, 5) is 23.1. The molecule has 1 rings (SSSR count). The van der Waals surface area contributed by atoms with Gasteiger partial charge in [0.15, 0.2) is 5.69 Å². The average Bonchev–Trinajstić information content (AvgIpc) is 2.65. The first-order valence-corrected chi connectivity index (χ1v) is 4.66. The van der Waals surface area contributed by atoms with Gasteiger partial charge in [0.25, 0.3) is 5.91 Å². The fourth-order valence-electron chi connectivity index (χ4n) is 0.911. The molecule has 1 amide bonds. The minimum atomic E-state index is -1.04. The molecule has 6 nitrogen and oxygen atoms in total. The molecule has 0 saturated heterocycles. The van der Waals surface area contributed by atoms with Crippen molar-refractivity contribution in [3.8, 4) is 0 Å². The van der Waals surface area contributed by atoms with Crippen molar-refractivity contribution in [1.82, 2.24) is 13.6 Å². The predicted octanol–water partition coefficient (Wildman–Crippen LogP) is 0.0848. The summed E-state index contributed by atoms with van der Waals surface area (Å²) in [5, 5.41) is 8.53. The molecule has 0 unspecified atom stereocenters. The van der Waals surface area contributed by atoms with Crippen LogP contribution in [0.3, 0.4) is 0 Å². The SMILES string of the molecule is CCN(CC(=O)O)C(=O)c1cnsn1. The van der Waals surface area contributed by atoms with Gasteiger partial charge in [-0.2, -0.15) is 8.75 Å². The van der Waals surface area contributed by atoms with E-state index in [2.05, 4.69) is 8.75 Å². The predicted molar refractivity (Wildman–Crippen MR) is 49.1 cm³/mol. The number of carboxylic acids is 1. The molecule has 1 aromatic heterocycles. The van der Waals surface area contributed by atoms with Gasteiger partial charge in [0.2, 0.25) is 0 Å². The zero-order valence-corrected chi connectivity index (χ0v) is 8.32. The van der Waals surface area contributed by atoms with Gasteiger partial charge < -0.3 is 10.0 Å².